The van der Waals surface area contributed by atoms with Crippen LogP contribution in [0, 0.1) is 5.82 Å². The third-order valence-corrected chi connectivity index (χ3v) is 3.36. The number of anilines is 1. The minimum absolute atomic E-state index is 0.00477. The first kappa shape index (κ1) is 16.9. The van der Waals surface area contributed by atoms with Gasteiger partial charge in [0.05, 0.1) is 5.56 Å². The third kappa shape index (κ3) is 4.31. The molecular formula is C16H14F3N5O. The molecule has 1 aromatic carbocycles. The monoisotopic (exact) mass is 349 g/mol. The minimum atomic E-state index is -2.82. The van der Waals surface area contributed by atoms with Gasteiger partial charge >= 0.3 is 6.43 Å². The van der Waals surface area contributed by atoms with Crippen molar-refractivity contribution in [2.75, 3.05) is 5.32 Å². The van der Waals surface area contributed by atoms with Crippen molar-refractivity contribution in [2.45, 2.75) is 25.8 Å². The van der Waals surface area contributed by atoms with Gasteiger partial charge < -0.3 is 9.73 Å². The number of nitrogens with zero attached hydrogens (tertiary/aromatic N) is 4. The Morgan fingerprint density at radius 2 is 1.76 bits per heavy atom. The molecule has 0 spiro atoms. The van der Waals surface area contributed by atoms with Gasteiger partial charge in [0.1, 0.15) is 5.82 Å². The van der Waals surface area contributed by atoms with E-state index in [1.54, 1.807) is 12.1 Å². The molecule has 3 rings (SSSR count). The van der Waals surface area contributed by atoms with Crippen molar-refractivity contribution in [1.29, 1.82) is 0 Å². The second-order valence-corrected chi connectivity index (χ2v) is 5.42. The lowest BCUT2D eigenvalue weighted by molar-refractivity contribution is 0.116. The molecule has 3 aromatic rings. The van der Waals surface area contributed by atoms with Crippen molar-refractivity contribution in [3.63, 3.8) is 0 Å². The van der Waals surface area contributed by atoms with Crippen LogP contribution in [-0.4, -0.2) is 26.2 Å². The average molecular weight is 349 g/mol. The highest BCUT2D eigenvalue weighted by molar-refractivity contribution is 5.50. The van der Waals surface area contributed by atoms with E-state index in [1.165, 1.54) is 24.5 Å². The van der Waals surface area contributed by atoms with Crippen LogP contribution in [0.4, 0.5) is 19.1 Å². The van der Waals surface area contributed by atoms with E-state index in [0.717, 1.165) is 5.56 Å². The van der Waals surface area contributed by atoms with Crippen molar-refractivity contribution in [2.24, 2.45) is 0 Å². The predicted molar refractivity (Wildman–Crippen MR) is 83.5 cm³/mol. The zero-order valence-corrected chi connectivity index (χ0v) is 13.2. The van der Waals surface area contributed by atoms with Crippen LogP contribution >= 0.6 is 0 Å². The van der Waals surface area contributed by atoms with Gasteiger partial charge in [-0.15, -0.1) is 10.2 Å². The van der Waals surface area contributed by atoms with E-state index in [0.29, 0.717) is 17.9 Å². The first-order valence-corrected chi connectivity index (χ1v) is 7.46. The van der Waals surface area contributed by atoms with E-state index in [1.807, 2.05) is 6.92 Å². The molecule has 0 saturated carbocycles. The molecule has 9 heteroatoms. The van der Waals surface area contributed by atoms with E-state index in [9.17, 15) is 13.2 Å². The first-order chi connectivity index (χ1) is 12.0. The molecule has 1 N–H and O–H groups in total. The van der Waals surface area contributed by atoms with E-state index < -0.39 is 12.3 Å². The zero-order valence-electron chi connectivity index (χ0n) is 13.2. The fourth-order valence-corrected chi connectivity index (χ4v) is 2.20. The number of nitrogens with one attached hydrogen (secondary N) is 1. The van der Waals surface area contributed by atoms with Gasteiger partial charge in [0, 0.05) is 18.4 Å². The Hall–Kier alpha value is -2.97. The molecule has 1 atom stereocenters. The second kappa shape index (κ2) is 7.29. The summed E-state index contributed by atoms with van der Waals surface area (Å²) >= 11 is 0. The molecule has 0 amide bonds. The van der Waals surface area contributed by atoms with Crippen LogP contribution in [0.15, 0.2) is 41.1 Å². The molecule has 6 nitrogen and oxygen atoms in total. The van der Waals surface area contributed by atoms with Crippen molar-refractivity contribution in [3.8, 4) is 11.5 Å². The Morgan fingerprint density at radius 3 is 2.36 bits per heavy atom. The predicted octanol–water partition coefficient (Wildman–Crippen LogP) is 3.65. The molecule has 2 aromatic heterocycles. The average Bonchev–Trinajstić information content (AvgIpc) is 3.08. The molecule has 0 saturated heterocycles. The molecule has 1 unspecified atom stereocenters. The molecule has 2 heterocycles. The van der Waals surface area contributed by atoms with Gasteiger partial charge in [-0.2, -0.15) is 8.78 Å². The number of hydrogen-bond donors (Lipinski definition) is 1. The molecular weight excluding hydrogens is 335 g/mol. The van der Waals surface area contributed by atoms with Crippen LogP contribution in [0.5, 0.6) is 0 Å². The molecule has 0 fully saturated rings. The molecule has 0 aliphatic carbocycles. The Bertz CT molecular complexity index is 821. The van der Waals surface area contributed by atoms with Crippen LogP contribution in [0.2, 0.25) is 0 Å². The van der Waals surface area contributed by atoms with Crippen molar-refractivity contribution >= 4 is 5.95 Å². The summed E-state index contributed by atoms with van der Waals surface area (Å²) in [5.41, 5.74) is 1.32. The summed E-state index contributed by atoms with van der Waals surface area (Å²) < 4.78 is 42.6. The fourth-order valence-electron chi connectivity index (χ4n) is 2.20. The van der Waals surface area contributed by atoms with Crippen LogP contribution in [0.25, 0.3) is 11.5 Å². The lowest BCUT2D eigenvalue weighted by Crippen LogP contribution is -2.19. The van der Waals surface area contributed by atoms with E-state index in [2.05, 4.69) is 25.5 Å². The third-order valence-electron chi connectivity index (χ3n) is 3.36. The topological polar surface area (TPSA) is 76.7 Å². The van der Waals surface area contributed by atoms with Crippen LogP contribution in [-0.2, 0) is 6.42 Å². The number of aromatic nitrogens is 4. The number of rotatable bonds is 6. The lowest BCUT2D eigenvalue weighted by atomic mass is 10.1. The second-order valence-electron chi connectivity index (χ2n) is 5.42. The van der Waals surface area contributed by atoms with Crippen molar-refractivity contribution in [3.05, 3.63) is 53.9 Å². The Kier molecular flexibility index (Phi) is 4.92. The maximum Gasteiger partial charge on any atom is 0.314 e. The zero-order chi connectivity index (χ0) is 17.8. The molecule has 25 heavy (non-hydrogen) atoms. The quantitative estimate of drug-likeness (QED) is 0.732. The standard InChI is InChI=1S/C16H14F3N5O/c1-9(6-10-2-4-12(17)5-3-10)22-16-20-7-11(8-21-16)14-23-24-15(25-14)13(18)19/h2-5,7-9,13H,6H2,1H3,(H,20,21,22). The van der Waals surface area contributed by atoms with Gasteiger partial charge in [0.25, 0.3) is 11.8 Å². The summed E-state index contributed by atoms with van der Waals surface area (Å²) in [5.74, 6) is -0.724. The maximum atomic E-state index is 12.9. The molecule has 0 radical (unpaired) electrons. The summed E-state index contributed by atoms with van der Waals surface area (Å²) in [6.07, 6.45) is 0.647. The summed E-state index contributed by atoms with van der Waals surface area (Å²) in [5, 5.41) is 9.89. The van der Waals surface area contributed by atoms with Gasteiger partial charge in [-0.05, 0) is 31.0 Å². The number of halogens is 3. The summed E-state index contributed by atoms with van der Waals surface area (Å²) in [6, 6.07) is 6.25. The van der Waals surface area contributed by atoms with Crippen LogP contribution in [0.3, 0.4) is 0 Å². The highest BCUT2D eigenvalue weighted by Crippen LogP contribution is 2.22. The van der Waals surface area contributed by atoms with E-state index >= 15 is 0 Å². The van der Waals surface area contributed by atoms with Crippen LogP contribution < -0.4 is 5.32 Å². The maximum absolute atomic E-state index is 12.9. The van der Waals surface area contributed by atoms with Gasteiger partial charge in [0.2, 0.25) is 5.95 Å². The highest BCUT2D eigenvalue weighted by Gasteiger charge is 2.17. The molecule has 0 aliphatic rings. The smallest absolute Gasteiger partial charge is 0.314 e. The van der Waals surface area contributed by atoms with E-state index in [-0.39, 0.29) is 17.7 Å². The number of hydrogen-bond acceptors (Lipinski definition) is 6. The minimum Gasteiger partial charge on any atom is -0.415 e. The Morgan fingerprint density at radius 1 is 1.08 bits per heavy atom. The highest BCUT2D eigenvalue weighted by atomic mass is 19.3. The largest absolute Gasteiger partial charge is 0.415 e. The summed E-state index contributed by atoms with van der Waals surface area (Å²) in [6.45, 7) is 1.94. The van der Waals surface area contributed by atoms with Gasteiger partial charge in [-0.1, -0.05) is 12.1 Å². The van der Waals surface area contributed by atoms with Gasteiger partial charge in [0.15, 0.2) is 0 Å². The molecule has 130 valence electrons. The summed E-state index contributed by atoms with van der Waals surface area (Å²) in [7, 11) is 0. The SMILES string of the molecule is CC(Cc1ccc(F)cc1)Nc1ncc(-c2nnc(C(F)F)o2)cn1. The summed E-state index contributed by atoms with van der Waals surface area (Å²) in [4.78, 5) is 8.21. The number of alkyl halides is 2. The van der Waals surface area contributed by atoms with Crippen LogP contribution in [0.1, 0.15) is 24.8 Å². The molecule has 0 aliphatic heterocycles. The Labute approximate surface area is 141 Å². The normalized spacial score (nSPS) is 12.4. The molecule has 0 bridgehead atoms. The fraction of sp³-hybridized carbons (Fsp3) is 0.250. The van der Waals surface area contributed by atoms with Crippen molar-refractivity contribution in [1.82, 2.24) is 20.2 Å². The van der Waals surface area contributed by atoms with Gasteiger partial charge in [-0.3, -0.25) is 0 Å². The van der Waals surface area contributed by atoms with Gasteiger partial charge in [-0.25, -0.2) is 14.4 Å². The first-order valence-electron chi connectivity index (χ1n) is 7.46. The number of benzene rings is 1. The lowest BCUT2D eigenvalue weighted by Gasteiger charge is -2.13. The Balaban J connectivity index is 1.62. The van der Waals surface area contributed by atoms with Crippen molar-refractivity contribution < 1.29 is 17.6 Å². The van der Waals surface area contributed by atoms with E-state index in [4.69, 9.17) is 4.42 Å².